The molecular formula is C23H18N2OS2. The van der Waals surface area contributed by atoms with Gasteiger partial charge < -0.3 is 4.74 Å². The van der Waals surface area contributed by atoms with Crippen LogP contribution in [0, 0.1) is 0 Å². The first kappa shape index (κ1) is 17.5. The molecule has 0 N–H and O–H groups in total. The van der Waals surface area contributed by atoms with Crippen LogP contribution in [-0.2, 0) is 0 Å². The Morgan fingerprint density at radius 1 is 0.893 bits per heavy atom. The molecule has 28 heavy (non-hydrogen) atoms. The van der Waals surface area contributed by atoms with Gasteiger partial charge in [0, 0.05) is 28.0 Å². The molecule has 0 fully saturated rings. The average Bonchev–Trinajstić information content (AvgIpc) is 3.12. The van der Waals surface area contributed by atoms with Gasteiger partial charge in [-0.3, -0.25) is 0 Å². The minimum atomic E-state index is -0.704. The van der Waals surface area contributed by atoms with Crippen molar-refractivity contribution in [3.05, 3.63) is 102 Å². The smallest absolute Gasteiger partial charge is 0.239 e. The molecule has 0 saturated carbocycles. The minimum Gasteiger partial charge on any atom is -0.464 e. The maximum atomic E-state index is 6.63. The van der Waals surface area contributed by atoms with Gasteiger partial charge in [-0.15, -0.1) is 11.8 Å². The van der Waals surface area contributed by atoms with E-state index in [1.54, 1.807) is 23.7 Å². The average molecular weight is 403 g/mol. The van der Waals surface area contributed by atoms with E-state index in [0.717, 1.165) is 28.3 Å². The summed E-state index contributed by atoms with van der Waals surface area (Å²) in [6, 6.07) is 28.7. The molecule has 0 amide bonds. The van der Waals surface area contributed by atoms with E-state index in [1.807, 2.05) is 52.9 Å². The van der Waals surface area contributed by atoms with Gasteiger partial charge in [0.25, 0.3) is 0 Å². The molecule has 2 heterocycles. The molecule has 3 aromatic carbocycles. The summed E-state index contributed by atoms with van der Waals surface area (Å²) in [6.07, 6.45) is 4.31. The third-order valence-electron chi connectivity index (χ3n) is 4.72. The Morgan fingerprint density at radius 2 is 1.57 bits per heavy atom. The lowest BCUT2D eigenvalue weighted by atomic mass is 10.0. The van der Waals surface area contributed by atoms with Crippen LogP contribution < -0.4 is 9.15 Å². The van der Waals surface area contributed by atoms with Crippen molar-refractivity contribution in [1.29, 1.82) is 0 Å². The largest absolute Gasteiger partial charge is 0.464 e. The van der Waals surface area contributed by atoms with Gasteiger partial charge in [-0.25, -0.2) is 4.41 Å². The molecule has 3 nitrogen and oxygen atoms in total. The van der Waals surface area contributed by atoms with Crippen LogP contribution in [0.2, 0.25) is 0 Å². The molecule has 0 radical (unpaired) electrons. The van der Waals surface area contributed by atoms with Crippen LogP contribution in [0.3, 0.4) is 0 Å². The topological polar surface area (TPSA) is 24.8 Å². The maximum Gasteiger partial charge on any atom is 0.239 e. The molecule has 1 spiro atoms. The van der Waals surface area contributed by atoms with Crippen molar-refractivity contribution in [3.8, 4) is 5.75 Å². The number of nitrogens with zero attached hydrogens (tertiary/aromatic N) is 2. The standard InChI is InChI=1S/C23H18N2OS2/c1-27-21-16-23(26-20-15-9-8-14-19(20)21)22(17-10-4-2-5-11-17)24-25(28-23)18-12-6-3-7-13-18/h2-16H,1H3. The summed E-state index contributed by atoms with van der Waals surface area (Å²) >= 11 is 3.33. The zero-order valence-electron chi connectivity index (χ0n) is 15.3. The van der Waals surface area contributed by atoms with E-state index < -0.39 is 4.93 Å². The van der Waals surface area contributed by atoms with Crippen molar-refractivity contribution >= 4 is 40.0 Å². The number of anilines is 1. The molecule has 1 atom stereocenters. The van der Waals surface area contributed by atoms with Crippen molar-refractivity contribution in [3.63, 3.8) is 0 Å². The van der Waals surface area contributed by atoms with Crippen LogP contribution in [-0.4, -0.2) is 16.9 Å². The number of ether oxygens (including phenoxy) is 1. The summed E-state index contributed by atoms with van der Waals surface area (Å²) < 4.78 is 8.60. The highest BCUT2D eigenvalue weighted by Gasteiger charge is 2.48. The predicted octanol–water partition coefficient (Wildman–Crippen LogP) is 6.05. The Labute approximate surface area is 173 Å². The first-order valence-electron chi connectivity index (χ1n) is 9.03. The molecule has 2 aliphatic heterocycles. The van der Waals surface area contributed by atoms with Gasteiger partial charge in [-0.1, -0.05) is 66.7 Å². The van der Waals surface area contributed by atoms with Crippen LogP contribution in [0.15, 0.2) is 96.1 Å². The maximum absolute atomic E-state index is 6.63. The highest BCUT2D eigenvalue weighted by Crippen LogP contribution is 2.50. The number of para-hydroxylation sites is 2. The second-order valence-electron chi connectivity index (χ2n) is 6.49. The van der Waals surface area contributed by atoms with E-state index in [9.17, 15) is 0 Å². The summed E-state index contributed by atoms with van der Waals surface area (Å²) in [7, 11) is 0. The molecule has 1 unspecified atom stereocenters. The van der Waals surface area contributed by atoms with Crippen molar-refractivity contribution in [2.75, 3.05) is 10.7 Å². The zero-order chi connectivity index (χ0) is 19.0. The second kappa shape index (κ2) is 7.08. The molecule has 3 aromatic rings. The molecule has 0 aromatic heterocycles. The molecule has 0 aliphatic carbocycles. The van der Waals surface area contributed by atoms with Crippen molar-refractivity contribution < 1.29 is 4.74 Å². The Balaban J connectivity index is 1.67. The highest BCUT2D eigenvalue weighted by atomic mass is 32.2. The molecular weight excluding hydrogens is 384 g/mol. The number of thioether (sulfide) groups is 1. The van der Waals surface area contributed by atoms with Crippen LogP contribution in [0.25, 0.3) is 4.91 Å². The van der Waals surface area contributed by atoms with Crippen LogP contribution in [0.1, 0.15) is 11.1 Å². The summed E-state index contributed by atoms with van der Waals surface area (Å²) in [5, 5.41) is 4.98. The Morgan fingerprint density at radius 3 is 2.32 bits per heavy atom. The highest BCUT2D eigenvalue weighted by molar-refractivity contribution is 8.08. The van der Waals surface area contributed by atoms with Gasteiger partial charge >= 0.3 is 0 Å². The summed E-state index contributed by atoms with van der Waals surface area (Å²) in [6.45, 7) is 0. The van der Waals surface area contributed by atoms with E-state index in [0.29, 0.717) is 0 Å². The molecule has 138 valence electrons. The van der Waals surface area contributed by atoms with Crippen molar-refractivity contribution in [2.45, 2.75) is 4.93 Å². The SMILES string of the molecule is CSC1=CC2(Oc3ccccc31)SN(c1ccccc1)N=C2c1ccccc1. The molecule has 2 aliphatic rings. The van der Waals surface area contributed by atoms with E-state index in [-0.39, 0.29) is 0 Å². The zero-order valence-corrected chi connectivity index (χ0v) is 16.9. The van der Waals surface area contributed by atoms with Gasteiger partial charge in [-0.05, 0) is 30.5 Å². The molecule has 0 bridgehead atoms. The molecule has 5 rings (SSSR count). The number of benzene rings is 3. The lowest BCUT2D eigenvalue weighted by molar-refractivity contribution is 0.280. The van der Waals surface area contributed by atoms with E-state index in [4.69, 9.17) is 9.84 Å². The van der Waals surface area contributed by atoms with Crippen LogP contribution >= 0.6 is 23.7 Å². The summed E-state index contributed by atoms with van der Waals surface area (Å²) in [5.41, 5.74) is 4.12. The fourth-order valence-electron chi connectivity index (χ4n) is 3.41. The third kappa shape index (κ3) is 2.91. The third-order valence-corrected chi connectivity index (χ3v) is 6.63. The van der Waals surface area contributed by atoms with Gasteiger partial charge in [0.15, 0.2) is 0 Å². The Kier molecular flexibility index (Phi) is 4.41. The van der Waals surface area contributed by atoms with Crippen LogP contribution in [0.4, 0.5) is 5.69 Å². The Bertz CT molecular complexity index is 1070. The molecule has 5 heteroatoms. The second-order valence-corrected chi connectivity index (χ2v) is 8.48. The normalized spacial score (nSPS) is 20.4. The van der Waals surface area contributed by atoms with Gasteiger partial charge in [0.1, 0.15) is 11.5 Å². The van der Waals surface area contributed by atoms with Crippen LogP contribution in [0.5, 0.6) is 5.75 Å². The lowest BCUT2D eigenvalue weighted by Gasteiger charge is -2.33. The number of hydrogen-bond acceptors (Lipinski definition) is 5. The van der Waals surface area contributed by atoms with Crippen molar-refractivity contribution in [2.24, 2.45) is 5.10 Å². The number of hydrogen-bond donors (Lipinski definition) is 0. The number of hydrazone groups is 1. The number of fused-ring (bicyclic) bond motifs is 1. The summed E-state index contributed by atoms with van der Waals surface area (Å²) in [4.78, 5) is 0.497. The first-order valence-corrected chi connectivity index (χ1v) is 11.0. The fraction of sp³-hybridized carbons (Fsp3) is 0.0870. The van der Waals surface area contributed by atoms with E-state index in [2.05, 4.69) is 48.7 Å². The number of rotatable bonds is 3. The van der Waals surface area contributed by atoms with E-state index in [1.165, 1.54) is 4.91 Å². The van der Waals surface area contributed by atoms with Gasteiger partial charge in [0.05, 0.1) is 5.69 Å². The fourth-order valence-corrected chi connectivity index (χ4v) is 5.30. The lowest BCUT2D eigenvalue weighted by Crippen LogP contribution is -2.40. The monoisotopic (exact) mass is 402 g/mol. The van der Waals surface area contributed by atoms with Crippen molar-refractivity contribution in [1.82, 2.24) is 0 Å². The predicted molar refractivity (Wildman–Crippen MR) is 121 cm³/mol. The van der Waals surface area contributed by atoms with E-state index >= 15 is 0 Å². The Hall–Kier alpha value is -2.63. The summed E-state index contributed by atoms with van der Waals surface area (Å²) in [5.74, 6) is 0.889. The quantitative estimate of drug-likeness (QED) is 0.498. The minimum absolute atomic E-state index is 0.704. The van der Waals surface area contributed by atoms with Gasteiger partial charge in [-0.2, -0.15) is 5.10 Å². The first-order chi connectivity index (χ1) is 13.8. The van der Waals surface area contributed by atoms with Gasteiger partial charge in [0.2, 0.25) is 4.93 Å². The molecule has 0 saturated heterocycles.